The van der Waals surface area contributed by atoms with Gasteiger partial charge < -0.3 is 4.43 Å². The monoisotopic (exact) mass is 238 g/mol. The van der Waals surface area contributed by atoms with Crippen LogP contribution >= 0.6 is 11.6 Å². The fourth-order valence-electron chi connectivity index (χ4n) is 0.996. The van der Waals surface area contributed by atoms with E-state index in [0.29, 0.717) is 0 Å². The van der Waals surface area contributed by atoms with Gasteiger partial charge in [0.25, 0.3) is 0 Å². The fourth-order valence-corrected chi connectivity index (χ4v) is 3.39. The van der Waals surface area contributed by atoms with Crippen molar-refractivity contribution in [2.24, 2.45) is 0 Å². The van der Waals surface area contributed by atoms with E-state index in [1.807, 2.05) is 0 Å². The van der Waals surface area contributed by atoms with Crippen LogP contribution in [0.25, 0.3) is 0 Å². The summed E-state index contributed by atoms with van der Waals surface area (Å²) in [6.45, 7) is 12.3. The summed E-state index contributed by atoms with van der Waals surface area (Å²) >= 11 is 5.89. The SMILES string of the molecule is C[Si](C)(CCl)CCCO[Si](C)(C)C. The molecule has 1 nitrogen and oxygen atoms in total. The Kier molecular flexibility index (Phi) is 5.83. The Morgan fingerprint density at radius 1 is 1.08 bits per heavy atom. The highest BCUT2D eigenvalue weighted by atomic mass is 35.5. The van der Waals surface area contributed by atoms with Crippen LogP contribution in [0, 0.1) is 0 Å². The second-order valence-corrected chi connectivity index (χ2v) is 15.8. The summed E-state index contributed by atoms with van der Waals surface area (Å²) < 4.78 is 5.79. The molecule has 0 aliphatic carbocycles. The third kappa shape index (κ3) is 9.00. The van der Waals surface area contributed by atoms with Crippen LogP contribution in [0.3, 0.4) is 0 Å². The quantitative estimate of drug-likeness (QED) is 0.390. The van der Waals surface area contributed by atoms with Gasteiger partial charge in [0.05, 0.1) is 8.07 Å². The van der Waals surface area contributed by atoms with Crippen molar-refractivity contribution in [2.45, 2.75) is 45.2 Å². The molecule has 80 valence electrons. The third-order valence-electron chi connectivity index (χ3n) is 1.89. The molecule has 0 spiro atoms. The molecule has 0 amide bonds. The topological polar surface area (TPSA) is 9.23 Å². The molecule has 0 aromatic heterocycles. The molecule has 0 N–H and O–H groups in total. The Hall–Kier alpha value is 0.684. The molecule has 0 bridgehead atoms. The minimum atomic E-state index is -1.28. The molecule has 0 aromatic rings. The van der Waals surface area contributed by atoms with E-state index in [-0.39, 0.29) is 0 Å². The van der Waals surface area contributed by atoms with Crippen LogP contribution in [0.1, 0.15) is 6.42 Å². The fraction of sp³-hybridized carbons (Fsp3) is 1.00. The molecule has 4 heteroatoms. The van der Waals surface area contributed by atoms with Crippen LogP contribution in [0.4, 0.5) is 0 Å². The van der Waals surface area contributed by atoms with E-state index in [4.69, 9.17) is 16.0 Å². The highest BCUT2D eigenvalue weighted by Crippen LogP contribution is 2.14. The Morgan fingerprint density at radius 2 is 1.62 bits per heavy atom. The highest BCUT2D eigenvalue weighted by molar-refractivity contribution is 6.83. The van der Waals surface area contributed by atoms with Crippen LogP contribution in [0.2, 0.25) is 38.8 Å². The molecule has 0 atom stereocenters. The Morgan fingerprint density at radius 3 is 2.00 bits per heavy atom. The van der Waals surface area contributed by atoms with Crippen LogP contribution in [0.5, 0.6) is 0 Å². The standard InChI is InChI=1S/C9H23ClOSi2/c1-12(2,3)11-7-6-8-13(4,5)9-10/h6-9H2,1-5H3. The van der Waals surface area contributed by atoms with Gasteiger partial charge in [-0.25, -0.2) is 0 Å². The lowest BCUT2D eigenvalue weighted by atomic mass is 10.5. The lowest BCUT2D eigenvalue weighted by Gasteiger charge is -2.21. The first-order chi connectivity index (χ1) is 5.77. The molecule has 13 heavy (non-hydrogen) atoms. The normalized spacial score (nSPS) is 13.4. The average Bonchev–Trinajstić information content (AvgIpc) is 1.97. The predicted octanol–water partition coefficient (Wildman–Crippen LogP) is 3.71. The van der Waals surface area contributed by atoms with Crippen molar-refractivity contribution in [3.8, 4) is 0 Å². The van der Waals surface area contributed by atoms with Crippen LogP contribution in [0.15, 0.2) is 0 Å². The van der Waals surface area contributed by atoms with Gasteiger partial charge in [-0.2, -0.15) is 0 Å². The molecule has 0 aliphatic rings. The molecular formula is C9H23ClOSi2. The van der Waals surface area contributed by atoms with Crippen molar-refractivity contribution in [2.75, 3.05) is 12.1 Å². The zero-order valence-corrected chi connectivity index (χ0v) is 12.4. The van der Waals surface area contributed by atoms with Gasteiger partial charge in [0.1, 0.15) is 0 Å². The van der Waals surface area contributed by atoms with Gasteiger partial charge in [-0.15, -0.1) is 11.6 Å². The van der Waals surface area contributed by atoms with Crippen molar-refractivity contribution in [1.29, 1.82) is 0 Å². The maximum Gasteiger partial charge on any atom is 0.183 e. The highest BCUT2D eigenvalue weighted by Gasteiger charge is 2.19. The Bertz CT molecular complexity index is 143. The zero-order chi connectivity index (χ0) is 10.5. The van der Waals surface area contributed by atoms with E-state index in [9.17, 15) is 0 Å². The first kappa shape index (κ1) is 13.7. The van der Waals surface area contributed by atoms with E-state index in [0.717, 1.165) is 12.1 Å². The van der Waals surface area contributed by atoms with E-state index >= 15 is 0 Å². The summed E-state index contributed by atoms with van der Waals surface area (Å²) in [6, 6.07) is 1.29. The molecule has 0 fully saturated rings. The van der Waals surface area contributed by atoms with E-state index in [1.165, 1.54) is 12.5 Å². The van der Waals surface area contributed by atoms with Crippen LogP contribution < -0.4 is 0 Å². The molecular weight excluding hydrogens is 216 g/mol. The number of hydrogen-bond acceptors (Lipinski definition) is 1. The number of hydrogen-bond donors (Lipinski definition) is 0. The minimum absolute atomic E-state index is 0.875. The molecule has 0 rings (SSSR count). The molecule has 0 aromatic carbocycles. The van der Waals surface area contributed by atoms with E-state index in [2.05, 4.69) is 32.7 Å². The van der Waals surface area contributed by atoms with Crippen LogP contribution in [-0.2, 0) is 4.43 Å². The van der Waals surface area contributed by atoms with Crippen LogP contribution in [-0.4, -0.2) is 28.5 Å². The van der Waals surface area contributed by atoms with Gasteiger partial charge in [-0.3, -0.25) is 0 Å². The second-order valence-electron chi connectivity index (χ2n) is 5.36. The van der Waals surface area contributed by atoms with Crippen molar-refractivity contribution in [3.05, 3.63) is 0 Å². The maximum atomic E-state index is 5.89. The molecule has 0 unspecified atom stereocenters. The largest absolute Gasteiger partial charge is 0.418 e. The Labute approximate surface area is 90.0 Å². The number of alkyl halides is 1. The molecule has 0 saturated carbocycles. The van der Waals surface area contributed by atoms with Gasteiger partial charge in [0.2, 0.25) is 0 Å². The van der Waals surface area contributed by atoms with Crippen molar-refractivity contribution >= 4 is 28.0 Å². The summed E-state index contributed by atoms with van der Waals surface area (Å²) in [7, 11) is -2.35. The van der Waals surface area contributed by atoms with Gasteiger partial charge in [-0.05, 0) is 26.1 Å². The second kappa shape index (κ2) is 5.54. The first-order valence-electron chi connectivity index (χ1n) is 4.97. The average molecular weight is 239 g/mol. The van der Waals surface area contributed by atoms with Crippen molar-refractivity contribution < 1.29 is 4.43 Å². The lowest BCUT2D eigenvalue weighted by molar-refractivity contribution is 0.310. The van der Waals surface area contributed by atoms with Gasteiger partial charge >= 0.3 is 0 Å². The summed E-state index contributed by atoms with van der Waals surface area (Å²) in [5, 5.41) is 0. The molecule has 0 aliphatic heterocycles. The lowest BCUT2D eigenvalue weighted by Crippen LogP contribution is -2.30. The predicted molar refractivity (Wildman–Crippen MR) is 66.9 cm³/mol. The summed E-state index contributed by atoms with van der Waals surface area (Å²) in [5.41, 5.74) is 0.875. The van der Waals surface area contributed by atoms with Gasteiger partial charge in [0.15, 0.2) is 8.32 Å². The molecule has 0 saturated heterocycles. The summed E-state index contributed by atoms with van der Waals surface area (Å²) in [4.78, 5) is 0. The number of halogens is 1. The smallest absolute Gasteiger partial charge is 0.183 e. The minimum Gasteiger partial charge on any atom is -0.418 e. The molecule has 0 heterocycles. The third-order valence-corrected chi connectivity index (χ3v) is 7.57. The molecule has 0 radical (unpaired) electrons. The van der Waals surface area contributed by atoms with Gasteiger partial charge in [0, 0.05) is 12.1 Å². The summed E-state index contributed by atoms with van der Waals surface area (Å²) in [6.07, 6.45) is 1.19. The number of rotatable bonds is 6. The zero-order valence-electron chi connectivity index (χ0n) is 9.61. The Balaban J connectivity index is 3.47. The van der Waals surface area contributed by atoms with Gasteiger partial charge in [-0.1, -0.05) is 19.1 Å². The van der Waals surface area contributed by atoms with Crippen molar-refractivity contribution in [3.63, 3.8) is 0 Å². The first-order valence-corrected chi connectivity index (χ1v) is 12.3. The van der Waals surface area contributed by atoms with Crippen molar-refractivity contribution in [1.82, 2.24) is 0 Å². The maximum absolute atomic E-state index is 5.89. The van der Waals surface area contributed by atoms with E-state index in [1.54, 1.807) is 0 Å². The van der Waals surface area contributed by atoms with E-state index < -0.39 is 16.4 Å². The summed E-state index contributed by atoms with van der Waals surface area (Å²) in [5.74, 6) is 0.